The van der Waals surface area contributed by atoms with Crippen LogP contribution in [-0.2, 0) is 14.4 Å². The minimum Gasteiger partial charge on any atom is -0.324 e. The van der Waals surface area contributed by atoms with Gasteiger partial charge in [0.1, 0.15) is 6.54 Å². The lowest BCUT2D eigenvalue weighted by Gasteiger charge is -2.15. The number of fused-ring (bicyclic) bond motifs is 1. The maximum Gasteiger partial charge on any atom is 0.244 e. The van der Waals surface area contributed by atoms with Gasteiger partial charge in [0, 0.05) is 10.7 Å². The second-order valence-corrected chi connectivity index (χ2v) is 6.36. The Morgan fingerprint density at radius 3 is 2.43 bits per heavy atom. The van der Waals surface area contributed by atoms with Crippen molar-refractivity contribution >= 4 is 35.0 Å². The summed E-state index contributed by atoms with van der Waals surface area (Å²) in [5.74, 6) is -1.52. The lowest BCUT2D eigenvalue weighted by atomic mass is 9.85. The number of imide groups is 1. The molecule has 1 N–H and O–H groups in total. The molecule has 2 aliphatic rings. The zero-order valence-corrected chi connectivity index (χ0v) is 13.5. The summed E-state index contributed by atoms with van der Waals surface area (Å²) < 4.78 is 0. The van der Waals surface area contributed by atoms with E-state index < -0.39 is 5.91 Å². The molecule has 1 fully saturated rings. The number of allylic oxidation sites excluding steroid dienone is 2. The van der Waals surface area contributed by atoms with Crippen molar-refractivity contribution < 1.29 is 14.4 Å². The first-order valence-corrected chi connectivity index (χ1v) is 7.91. The van der Waals surface area contributed by atoms with Gasteiger partial charge in [0.25, 0.3) is 0 Å². The number of benzene rings is 1. The Labute approximate surface area is 139 Å². The van der Waals surface area contributed by atoms with Crippen molar-refractivity contribution in [1.82, 2.24) is 4.90 Å². The summed E-state index contributed by atoms with van der Waals surface area (Å²) >= 11 is 5.92. The average Bonchev–Trinajstić information content (AvgIpc) is 2.76. The summed E-state index contributed by atoms with van der Waals surface area (Å²) in [5.41, 5.74) is 1.44. The van der Waals surface area contributed by atoms with Gasteiger partial charge in [-0.1, -0.05) is 29.8 Å². The van der Waals surface area contributed by atoms with Crippen LogP contribution < -0.4 is 5.32 Å². The molecule has 1 aliphatic carbocycles. The van der Waals surface area contributed by atoms with Crippen LogP contribution in [0.25, 0.3) is 0 Å². The summed E-state index contributed by atoms with van der Waals surface area (Å²) in [7, 11) is 0. The third-order valence-electron chi connectivity index (χ3n) is 4.37. The predicted molar refractivity (Wildman–Crippen MR) is 86.9 cm³/mol. The number of hydrogen-bond donors (Lipinski definition) is 1. The number of carbonyl (C=O) groups excluding carboxylic acids is 3. The molecule has 23 heavy (non-hydrogen) atoms. The van der Waals surface area contributed by atoms with Gasteiger partial charge < -0.3 is 5.32 Å². The number of nitrogens with one attached hydrogen (secondary N) is 1. The van der Waals surface area contributed by atoms with Crippen LogP contribution in [0.5, 0.6) is 0 Å². The first kappa shape index (κ1) is 15.7. The predicted octanol–water partition coefficient (Wildman–Crippen LogP) is 2.54. The largest absolute Gasteiger partial charge is 0.324 e. The summed E-state index contributed by atoms with van der Waals surface area (Å²) in [6.07, 6.45) is 4.98. The molecule has 0 bridgehead atoms. The molecular formula is C17H17ClN2O3. The van der Waals surface area contributed by atoms with Crippen LogP contribution in [0.2, 0.25) is 5.02 Å². The summed E-state index contributed by atoms with van der Waals surface area (Å²) in [4.78, 5) is 38.0. The van der Waals surface area contributed by atoms with Crippen molar-refractivity contribution in [3.63, 3.8) is 0 Å². The third kappa shape index (κ3) is 3.01. The number of anilines is 1. The number of likely N-dealkylation sites (tertiary alicyclic amines) is 1. The van der Waals surface area contributed by atoms with Crippen molar-refractivity contribution in [1.29, 1.82) is 0 Å². The molecule has 1 aromatic rings. The zero-order valence-electron chi connectivity index (χ0n) is 12.7. The first-order chi connectivity index (χ1) is 11.0. The number of aryl methyl sites for hydroxylation is 1. The number of amides is 3. The fraction of sp³-hybridized carbons (Fsp3) is 0.353. The molecule has 3 amide bonds. The summed E-state index contributed by atoms with van der Waals surface area (Å²) in [6.45, 7) is 1.59. The van der Waals surface area contributed by atoms with E-state index in [1.54, 1.807) is 18.2 Å². The molecule has 0 aromatic heterocycles. The molecule has 1 heterocycles. The van der Waals surface area contributed by atoms with E-state index in [9.17, 15) is 14.4 Å². The zero-order chi connectivity index (χ0) is 16.6. The van der Waals surface area contributed by atoms with E-state index in [1.165, 1.54) is 0 Å². The van der Waals surface area contributed by atoms with E-state index in [2.05, 4.69) is 5.32 Å². The highest BCUT2D eigenvalue weighted by Gasteiger charge is 2.47. The lowest BCUT2D eigenvalue weighted by Crippen LogP contribution is -2.38. The average molecular weight is 333 g/mol. The van der Waals surface area contributed by atoms with E-state index in [4.69, 9.17) is 11.6 Å². The fourth-order valence-electron chi connectivity index (χ4n) is 3.09. The Bertz CT molecular complexity index is 688. The maximum absolute atomic E-state index is 12.3. The normalized spacial score (nSPS) is 23.1. The highest BCUT2D eigenvalue weighted by Crippen LogP contribution is 2.34. The second kappa shape index (κ2) is 6.16. The molecule has 3 rings (SSSR count). The maximum atomic E-state index is 12.3. The quantitative estimate of drug-likeness (QED) is 0.683. The topological polar surface area (TPSA) is 66.5 Å². The number of halogens is 1. The minimum atomic E-state index is -0.399. The SMILES string of the molecule is Cc1ccc(Cl)cc1NC(=O)CN1C(=O)[C@@H]2CC=CC[C@H]2C1=O. The van der Waals surface area contributed by atoms with Gasteiger partial charge in [-0.2, -0.15) is 0 Å². The van der Waals surface area contributed by atoms with Gasteiger partial charge in [0.2, 0.25) is 17.7 Å². The number of rotatable bonds is 3. The molecule has 0 radical (unpaired) electrons. The molecular weight excluding hydrogens is 316 g/mol. The van der Waals surface area contributed by atoms with Crippen LogP contribution >= 0.6 is 11.6 Å². The molecule has 0 unspecified atom stereocenters. The lowest BCUT2D eigenvalue weighted by molar-refractivity contribution is -0.142. The van der Waals surface area contributed by atoms with Crippen LogP contribution in [0, 0.1) is 18.8 Å². The first-order valence-electron chi connectivity index (χ1n) is 7.53. The molecule has 5 nitrogen and oxygen atoms in total. The van der Waals surface area contributed by atoms with Crippen LogP contribution in [0.4, 0.5) is 5.69 Å². The smallest absolute Gasteiger partial charge is 0.244 e. The number of carbonyl (C=O) groups is 3. The van der Waals surface area contributed by atoms with E-state index in [0.717, 1.165) is 10.5 Å². The Kier molecular flexibility index (Phi) is 4.22. The van der Waals surface area contributed by atoms with Crippen LogP contribution in [0.3, 0.4) is 0 Å². The van der Waals surface area contributed by atoms with Gasteiger partial charge in [-0.25, -0.2) is 0 Å². The highest BCUT2D eigenvalue weighted by molar-refractivity contribution is 6.31. The summed E-state index contributed by atoms with van der Waals surface area (Å²) in [6, 6.07) is 5.17. The molecule has 120 valence electrons. The second-order valence-electron chi connectivity index (χ2n) is 5.93. The molecule has 1 saturated heterocycles. The Morgan fingerprint density at radius 2 is 1.83 bits per heavy atom. The Balaban J connectivity index is 1.70. The van der Waals surface area contributed by atoms with Gasteiger partial charge in [0.05, 0.1) is 11.8 Å². The van der Waals surface area contributed by atoms with Gasteiger partial charge in [-0.05, 0) is 37.5 Å². The van der Waals surface area contributed by atoms with Crippen LogP contribution in [0.1, 0.15) is 18.4 Å². The van der Waals surface area contributed by atoms with Gasteiger partial charge in [-0.15, -0.1) is 0 Å². The van der Waals surface area contributed by atoms with Gasteiger partial charge in [0.15, 0.2) is 0 Å². The third-order valence-corrected chi connectivity index (χ3v) is 4.61. The van der Waals surface area contributed by atoms with E-state index in [1.807, 2.05) is 19.1 Å². The standard InChI is InChI=1S/C17H17ClN2O3/c1-10-6-7-11(18)8-14(10)19-15(21)9-20-16(22)12-4-2-3-5-13(12)17(20)23/h2-3,6-8,12-13H,4-5,9H2,1H3,(H,19,21)/t12-,13-/m1/s1. The Hall–Kier alpha value is -2.14. The van der Waals surface area contributed by atoms with E-state index in [-0.39, 0.29) is 30.2 Å². The van der Waals surface area contributed by atoms with Gasteiger partial charge >= 0.3 is 0 Å². The molecule has 6 heteroatoms. The van der Waals surface area contributed by atoms with Crippen molar-refractivity contribution in [2.24, 2.45) is 11.8 Å². The minimum absolute atomic E-state index is 0.248. The van der Waals surface area contributed by atoms with Crippen molar-refractivity contribution in [2.45, 2.75) is 19.8 Å². The Morgan fingerprint density at radius 1 is 1.22 bits per heavy atom. The number of hydrogen-bond acceptors (Lipinski definition) is 3. The summed E-state index contributed by atoms with van der Waals surface area (Å²) in [5, 5.41) is 3.23. The van der Waals surface area contributed by atoms with Crippen molar-refractivity contribution in [3.05, 3.63) is 40.9 Å². The monoisotopic (exact) mass is 332 g/mol. The van der Waals surface area contributed by atoms with Crippen LogP contribution in [0.15, 0.2) is 30.4 Å². The van der Waals surface area contributed by atoms with E-state index >= 15 is 0 Å². The van der Waals surface area contributed by atoms with Crippen molar-refractivity contribution in [3.8, 4) is 0 Å². The van der Waals surface area contributed by atoms with Gasteiger partial charge in [-0.3, -0.25) is 19.3 Å². The fourth-order valence-corrected chi connectivity index (χ4v) is 3.26. The van der Waals surface area contributed by atoms with E-state index in [0.29, 0.717) is 23.6 Å². The molecule has 0 saturated carbocycles. The molecule has 1 aromatic carbocycles. The van der Waals surface area contributed by atoms with Crippen molar-refractivity contribution in [2.75, 3.05) is 11.9 Å². The molecule has 1 aliphatic heterocycles. The highest BCUT2D eigenvalue weighted by atomic mass is 35.5. The van der Waals surface area contributed by atoms with Crippen LogP contribution in [-0.4, -0.2) is 29.2 Å². The molecule has 2 atom stereocenters. The molecule has 0 spiro atoms. The number of nitrogens with zero attached hydrogens (tertiary/aromatic N) is 1.